The zero-order chi connectivity index (χ0) is 13.8. The largest absolute Gasteiger partial charge is 0.396 e. The molecule has 0 atom stereocenters. The average Bonchev–Trinajstić information content (AvgIpc) is 3.03. The van der Waals surface area contributed by atoms with Crippen molar-refractivity contribution in [2.75, 3.05) is 37.7 Å². The van der Waals surface area contributed by atoms with Crippen molar-refractivity contribution in [2.24, 2.45) is 5.92 Å². The second-order valence-electron chi connectivity index (χ2n) is 6.12. The van der Waals surface area contributed by atoms with Crippen LogP contribution in [0.25, 0.3) is 0 Å². The molecule has 1 aromatic heterocycles. The molecule has 1 N–H and O–H groups in total. The molecule has 4 heteroatoms. The second-order valence-corrected chi connectivity index (χ2v) is 6.12. The van der Waals surface area contributed by atoms with Gasteiger partial charge in [0.15, 0.2) is 0 Å². The molecule has 2 saturated heterocycles. The molecule has 20 heavy (non-hydrogen) atoms. The van der Waals surface area contributed by atoms with Gasteiger partial charge < -0.3 is 10.0 Å². The molecule has 3 heterocycles. The number of hydrogen-bond donors (Lipinski definition) is 1. The third-order valence-electron chi connectivity index (χ3n) is 4.61. The van der Waals surface area contributed by atoms with Gasteiger partial charge in [-0.1, -0.05) is 6.07 Å². The molecule has 4 nitrogen and oxygen atoms in total. The standard InChI is InChI=1S/C16H25N3O/c20-13-14-5-9-18(10-6-14)12-15-3-4-16(17-11-15)19-7-1-2-8-19/h3-4,11,14,20H,1-2,5-10,12-13H2. The first-order valence-electron chi connectivity index (χ1n) is 7.88. The second kappa shape index (κ2) is 6.55. The van der Waals surface area contributed by atoms with Crippen LogP contribution in [0.4, 0.5) is 5.82 Å². The first kappa shape index (κ1) is 13.8. The Hall–Kier alpha value is -1.13. The van der Waals surface area contributed by atoms with Crippen LogP contribution >= 0.6 is 0 Å². The van der Waals surface area contributed by atoms with Crippen molar-refractivity contribution in [1.82, 2.24) is 9.88 Å². The van der Waals surface area contributed by atoms with E-state index in [1.807, 2.05) is 6.20 Å². The Labute approximate surface area is 121 Å². The van der Waals surface area contributed by atoms with E-state index in [2.05, 4.69) is 26.9 Å². The van der Waals surface area contributed by atoms with Gasteiger partial charge in [0, 0.05) is 32.4 Å². The number of aromatic nitrogens is 1. The van der Waals surface area contributed by atoms with Crippen LogP contribution in [0.3, 0.4) is 0 Å². The molecule has 0 aliphatic carbocycles. The normalized spacial score (nSPS) is 21.6. The SMILES string of the molecule is OCC1CCN(Cc2ccc(N3CCCC3)nc2)CC1. The highest BCUT2D eigenvalue weighted by Crippen LogP contribution is 2.20. The number of aliphatic hydroxyl groups excluding tert-OH is 1. The number of likely N-dealkylation sites (tertiary alicyclic amines) is 1. The molecule has 0 amide bonds. The van der Waals surface area contributed by atoms with E-state index in [1.54, 1.807) is 0 Å². The number of aliphatic hydroxyl groups is 1. The predicted molar refractivity (Wildman–Crippen MR) is 80.8 cm³/mol. The predicted octanol–water partition coefficient (Wildman–Crippen LogP) is 1.89. The van der Waals surface area contributed by atoms with E-state index < -0.39 is 0 Å². The van der Waals surface area contributed by atoms with Crippen molar-refractivity contribution >= 4 is 5.82 Å². The number of nitrogens with zero attached hydrogens (tertiary/aromatic N) is 3. The van der Waals surface area contributed by atoms with Crippen LogP contribution in [0.2, 0.25) is 0 Å². The minimum absolute atomic E-state index is 0.347. The molecule has 2 aliphatic rings. The van der Waals surface area contributed by atoms with Gasteiger partial charge in [-0.2, -0.15) is 0 Å². The van der Waals surface area contributed by atoms with Crippen LogP contribution in [0.15, 0.2) is 18.3 Å². The van der Waals surface area contributed by atoms with Crippen molar-refractivity contribution < 1.29 is 5.11 Å². The fourth-order valence-corrected chi connectivity index (χ4v) is 3.23. The maximum atomic E-state index is 9.17. The fraction of sp³-hybridized carbons (Fsp3) is 0.688. The maximum absolute atomic E-state index is 9.17. The Balaban J connectivity index is 1.53. The van der Waals surface area contributed by atoms with Crippen LogP contribution < -0.4 is 4.90 Å². The van der Waals surface area contributed by atoms with Gasteiger partial charge in [-0.3, -0.25) is 4.90 Å². The number of piperidine rings is 1. The minimum atomic E-state index is 0.347. The van der Waals surface area contributed by atoms with Crippen LogP contribution in [0.5, 0.6) is 0 Å². The van der Waals surface area contributed by atoms with Crippen molar-refractivity contribution in [1.29, 1.82) is 0 Å². The molecule has 0 saturated carbocycles. The Morgan fingerprint density at radius 3 is 2.45 bits per heavy atom. The van der Waals surface area contributed by atoms with E-state index in [4.69, 9.17) is 5.11 Å². The van der Waals surface area contributed by atoms with Crippen molar-refractivity contribution in [2.45, 2.75) is 32.2 Å². The maximum Gasteiger partial charge on any atom is 0.128 e. The van der Waals surface area contributed by atoms with E-state index in [9.17, 15) is 0 Å². The fourth-order valence-electron chi connectivity index (χ4n) is 3.23. The lowest BCUT2D eigenvalue weighted by molar-refractivity contribution is 0.127. The van der Waals surface area contributed by atoms with E-state index in [-0.39, 0.29) is 0 Å². The minimum Gasteiger partial charge on any atom is -0.396 e. The Bertz CT molecular complexity index is 406. The van der Waals surface area contributed by atoms with Crippen molar-refractivity contribution in [3.8, 4) is 0 Å². The third kappa shape index (κ3) is 3.30. The van der Waals surface area contributed by atoms with Crippen LogP contribution in [0, 0.1) is 5.92 Å². The molecule has 2 fully saturated rings. The van der Waals surface area contributed by atoms with Gasteiger partial charge in [0.05, 0.1) is 0 Å². The summed E-state index contributed by atoms with van der Waals surface area (Å²) in [5.74, 6) is 1.65. The molecule has 0 radical (unpaired) electrons. The topological polar surface area (TPSA) is 39.6 Å². The highest BCUT2D eigenvalue weighted by molar-refractivity contribution is 5.40. The van der Waals surface area contributed by atoms with E-state index in [0.29, 0.717) is 12.5 Å². The summed E-state index contributed by atoms with van der Waals surface area (Å²) in [6, 6.07) is 4.39. The Kier molecular flexibility index (Phi) is 4.53. The first-order chi connectivity index (χ1) is 9.85. The molecule has 0 bridgehead atoms. The van der Waals surface area contributed by atoms with Crippen LogP contribution in [-0.2, 0) is 6.54 Å². The Morgan fingerprint density at radius 2 is 1.85 bits per heavy atom. The van der Waals surface area contributed by atoms with Gasteiger partial charge in [-0.05, 0) is 56.3 Å². The molecule has 0 aromatic carbocycles. The molecule has 2 aliphatic heterocycles. The van der Waals surface area contributed by atoms with Gasteiger partial charge in [-0.25, -0.2) is 4.98 Å². The van der Waals surface area contributed by atoms with Crippen molar-refractivity contribution in [3.63, 3.8) is 0 Å². The zero-order valence-corrected chi connectivity index (χ0v) is 12.2. The zero-order valence-electron chi connectivity index (χ0n) is 12.2. The lowest BCUT2D eigenvalue weighted by Gasteiger charge is -2.31. The average molecular weight is 275 g/mol. The highest BCUT2D eigenvalue weighted by Gasteiger charge is 2.18. The third-order valence-corrected chi connectivity index (χ3v) is 4.61. The van der Waals surface area contributed by atoms with E-state index in [0.717, 1.165) is 51.4 Å². The van der Waals surface area contributed by atoms with E-state index in [1.165, 1.54) is 18.4 Å². The summed E-state index contributed by atoms with van der Waals surface area (Å²) in [4.78, 5) is 9.46. The summed E-state index contributed by atoms with van der Waals surface area (Å²) in [6.07, 6.45) is 6.86. The van der Waals surface area contributed by atoms with Gasteiger partial charge in [0.25, 0.3) is 0 Å². The van der Waals surface area contributed by atoms with Crippen LogP contribution in [0.1, 0.15) is 31.2 Å². The monoisotopic (exact) mass is 275 g/mol. The lowest BCUT2D eigenvalue weighted by atomic mass is 9.98. The summed E-state index contributed by atoms with van der Waals surface area (Å²) in [5.41, 5.74) is 1.30. The molecule has 0 unspecified atom stereocenters. The summed E-state index contributed by atoms with van der Waals surface area (Å²) in [7, 11) is 0. The summed E-state index contributed by atoms with van der Waals surface area (Å²) in [6.45, 7) is 5.84. The molecular weight excluding hydrogens is 250 g/mol. The highest BCUT2D eigenvalue weighted by atomic mass is 16.3. The molecule has 3 rings (SSSR count). The number of hydrogen-bond acceptors (Lipinski definition) is 4. The quantitative estimate of drug-likeness (QED) is 0.911. The Morgan fingerprint density at radius 1 is 1.10 bits per heavy atom. The molecular formula is C16H25N3O. The summed E-state index contributed by atoms with van der Waals surface area (Å²) >= 11 is 0. The van der Waals surface area contributed by atoms with Crippen molar-refractivity contribution in [3.05, 3.63) is 23.9 Å². The van der Waals surface area contributed by atoms with Gasteiger partial charge in [0.1, 0.15) is 5.82 Å². The molecule has 110 valence electrons. The summed E-state index contributed by atoms with van der Waals surface area (Å²) < 4.78 is 0. The van der Waals surface area contributed by atoms with Gasteiger partial charge in [0.2, 0.25) is 0 Å². The smallest absolute Gasteiger partial charge is 0.128 e. The number of pyridine rings is 1. The first-order valence-corrected chi connectivity index (χ1v) is 7.88. The number of anilines is 1. The molecule has 0 spiro atoms. The van der Waals surface area contributed by atoms with Crippen LogP contribution in [-0.4, -0.2) is 47.8 Å². The van der Waals surface area contributed by atoms with Gasteiger partial charge in [-0.15, -0.1) is 0 Å². The lowest BCUT2D eigenvalue weighted by Crippen LogP contribution is -2.34. The summed E-state index contributed by atoms with van der Waals surface area (Å²) in [5, 5.41) is 9.17. The van der Waals surface area contributed by atoms with E-state index >= 15 is 0 Å². The van der Waals surface area contributed by atoms with Gasteiger partial charge >= 0.3 is 0 Å². The molecule has 1 aromatic rings. The number of rotatable bonds is 4.